The standard InChI is InChI=1S/C14H4F16O4/c1-3(15)5(31)33-13(27,28)7(17)8(18,14(29,30)34-6(32)4(2)16)10(21,22)12(25,26)11(23,24)9(7,19)20/h1-2H2. The lowest BCUT2D eigenvalue weighted by Crippen LogP contribution is -2.92. The van der Waals surface area contributed by atoms with Gasteiger partial charge in [-0.2, -0.15) is 61.5 Å². The third kappa shape index (κ3) is 3.08. The van der Waals surface area contributed by atoms with E-state index in [4.69, 9.17) is 0 Å². The van der Waals surface area contributed by atoms with Crippen LogP contribution in [-0.4, -0.2) is 59.2 Å². The van der Waals surface area contributed by atoms with Crippen molar-refractivity contribution < 1.29 is 89.3 Å². The number of carbonyl (C=O) groups is 2. The van der Waals surface area contributed by atoms with Crippen molar-refractivity contribution in [3.8, 4) is 0 Å². The third-order valence-corrected chi connectivity index (χ3v) is 4.21. The Kier molecular flexibility index (Phi) is 6.38. The van der Waals surface area contributed by atoms with E-state index >= 15 is 0 Å². The van der Waals surface area contributed by atoms with E-state index in [9.17, 15) is 79.8 Å². The molecule has 4 nitrogen and oxygen atoms in total. The zero-order chi connectivity index (χ0) is 27.7. The Morgan fingerprint density at radius 2 is 0.735 bits per heavy atom. The molecule has 0 radical (unpaired) electrons. The van der Waals surface area contributed by atoms with Crippen LogP contribution in [-0.2, 0) is 19.1 Å². The van der Waals surface area contributed by atoms with E-state index < -0.39 is 70.8 Å². The van der Waals surface area contributed by atoms with E-state index in [-0.39, 0.29) is 0 Å². The Labute approximate surface area is 174 Å². The van der Waals surface area contributed by atoms with Crippen LogP contribution in [0, 0.1) is 0 Å². The van der Waals surface area contributed by atoms with Crippen LogP contribution in [0.2, 0.25) is 0 Å². The van der Waals surface area contributed by atoms with Crippen molar-refractivity contribution in [3.05, 3.63) is 24.8 Å². The fourth-order valence-corrected chi connectivity index (χ4v) is 2.51. The molecule has 1 rings (SSSR count). The topological polar surface area (TPSA) is 52.6 Å². The second-order valence-electron chi connectivity index (χ2n) is 6.24. The number of carbonyl (C=O) groups excluding carboxylic acids is 2. The highest BCUT2D eigenvalue weighted by Gasteiger charge is 3.09. The molecule has 0 bridgehead atoms. The molecule has 0 aromatic rings. The summed E-state index contributed by atoms with van der Waals surface area (Å²) in [4.78, 5) is 21.5. The Balaban J connectivity index is 4.26. The van der Waals surface area contributed by atoms with Gasteiger partial charge in [0.1, 0.15) is 0 Å². The van der Waals surface area contributed by atoms with Crippen molar-refractivity contribution in [2.75, 3.05) is 0 Å². The van der Waals surface area contributed by atoms with Crippen molar-refractivity contribution in [1.29, 1.82) is 0 Å². The van der Waals surface area contributed by atoms with Crippen molar-refractivity contribution in [1.82, 2.24) is 0 Å². The smallest absolute Gasteiger partial charge is 0.393 e. The minimum Gasteiger partial charge on any atom is -0.393 e. The molecule has 0 amide bonds. The summed E-state index contributed by atoms with van der Waals surface area (Å²) in [6.07, 6.45) is -15.7. The summed E-state index contributed by atoms with van der Waals surface area (Å²) in [5.74, 6) is -46.2. The van der Waals surface area contributed by atoms with Crippen LogP contribution in [0.25, 0.3) is 0 Å². The summed E-state index contributed by atoms with van der Waals surface area (Å²) < 4.78 is 225. The molecular weight excluding hydrogens is 536 g/mol. The van der Waals surface area contributed by atoms with E-state index in [1.54, 1.807) is 13.2 Å². The number of halogens is 16. The quantitative estimate of drug-likeness (QED) is 0.264. The van der Waals surface area contributed by atoms with Gasteiger partial charge in [-0.05, 0) is 0 Å². The van der Waals surface area contributed by atoms with Crippen LogP contribution in [0.4, 0.5) is 70.2 Å². The highest BCUT2D eigenvalue weighted by Crippen LogP contribution is 2.74. The average molecular weight is 540 g/mol. The molecule has 1 aliphatic carbocycles. The average Bonchev–Trinajstić information content (AvgIpc) is 2.63. The van der Waals surface area contributed by atoms with E-state index in [0.717, 1.165) is 0 Å². The van der Waals surface area contributed by atoms with Crippen LogP contribution >= 0.6 is 0 Å². The summed E-state index contributed by atoms with van der Waals surface area (Å²) in [6, 6.07) is 0. The highest BCUT2D eigenvalue weighted by molar-refractivity contribution is 5.86. The number of ether oxygens (including phenoxy) is 2. The molecule has 0 aliphatic heterocycles. The maximum atomic E-state index is 14.9. The second kappa shape index (κ2) is 7.40. The molecular formula is C14H4F16O4. The first-order valence-corrected chi connectivity index (χ1v) is 7.46. The van der Waals surface area contributed by atoms with Crippen LogP contribution in [0.3, 0.4) is 0 Å². The van der Waals surface area contributed by atoms with Gasteiger partial charge in [0, 0.05) is 0 Å². The van der Waals surface area contributed by atoms with Gasteiger partial charge >= 0.3 is 59.2 Å². The van der Waals surface area contributed by atoms with Gasteiger partial charge in [0.15, 0.2) is 0 Å². The van der Waals surface area contributed by atoms with Crippen molar-refractivity contribution in [2.45, 2.75) is 47.2 Å². The van der Waals surface area contributed by atoms with Gasteiger partial charge in [-0.25, -0.2) is 18.4 Å². The summed E-state index contributed by atoms with van der Waals surface area (Å²) >= 11 is 0. The Hall–Kier alpha value is -2.70. The molecule has 0 N–H and O–H groups in total. The fraction of sp³-hybridized carbons (Fsp3) is 0.571. The first-order valence-electron chi connectivity index (χ1n) is 7.46. The maximum Gasteiger partial charge on any atom is 0.445 e. The van der Waals surface area contributed by atoms with Crippen molar-refractivity contribution in [2.24, 2.45) is 0 Å². The fourth-order valence-electron chi connectivity index (χ4n) is 2.51. The lowest BCUT2D eigenvalue weighted by atomic mass is 9.64. The van der Waals surface area contributed by atoms with Crippen LogP contribution < -0.4 is 0 Å². The molecule has 34 heavy (non-hydrogen) atoms. The van der Waals surface area contributed by atoms with Gasteiger partial charge in [-0.15, -0.1) is 0 Å². The molecule has 1 saturated carbocycles. The minimum absolute atomic E-state index is 1.80. The Bertz CT molecular complexity index is 853. The molecule has 1 fully saturated rings. The van der Waals surface area contributed by atoms with Gasteiger partial charge in [0.2, 0.25) is 11.7 Å². The maximum absolute atomic E-state index is 14.9. The normalized spacial score (nSPS) is 29.6. The minimum atomic E-state index is -8.52. The summed E-state index contributed by atoms with van der Waals surface area (Å²) in [6.45, 7) is 3.61. The highest BCUT2D eigenvalue weighted by atomic mass is 19.4. The molecule has 0 saturated heterocycles. The van der Waals surface area contributed by atoms with Crippen LogP contribution in [0.15, 0.2) is 24.8 Å². The van der Waals surface area contributed by atoms with Crippen molar-refractivity contribution in [3.63, 3.8) is 0 Å². The molecule has 0 spiro atoms. The predicted molar refractivity (Wildman–Crippen MR) is 70.0 cm³/mol. The van der Waals surface area contributed by atoms with E-state index in [1.165, 1.54) is 0 Å². The van der Waals surface area contributed by atoms with Crippen LogP contribution in [0.1, 0.15) is 0 Å². The molecule has 1 aliphatic rings. The van der Waals surface area contributed by atoms with Gasteiger partial charge in [-0.3, -0.25) is 0 Å². The first kappa shape index (κ1) is 29.3. The number of alkyl halides is 14. The lowest BCUT2D eigenvalue weighted by Gasteiger charge is -2.56. The van der Waals surface area contributed by atoms with Crippen LogP contribution in [0.5, 0.6) is 0 Å². The molecule has 2 unspecified atom stereocenters. The van der Waals surface area contributed by atoms with Gasteiger partial charge in [-0.1, -0.05) is 13.2 Å². The van der Waals surface area contributed by atoms with Crippen molar-refractivity contribution >= 4 is 11.9 Å². The zero-order valence-electron chi connectivity index (χ0n) is 15.1. The Morgan fingerprint density at radius 3 is 0.912 bits per heavy atom. The van der Waals surface area contributed by atoms with Gasteiger partial charge in [0.25, 0.3) is 0 Å². The molecule has 2 atom stereocenters. The summed E-state index contributed by atoms with van der Waals surface area (Å²) in [5, 5.41) is 0. The largest absolute Gasteiger partial charge is 0.445 e. The lowest BCUT2D eigenvalue weighted by molar-refractivity contribution is -0.535. The SMILES string of the molecule is C=C(F)C(=O)OC(F)(F)C1(F)C(F)(F)C(F)(F)C(F)(F)C(F)(F)C1(F)C(F)(F)OC(=O)C(=C)F. The monoisotopic (exact) mass is 540 g/mol. The molecule has 0 heterocycles. The van der Waals surface area contributed by atoms with Gasteiger partial charge < -0.3 is 9.47 Å². The first-order chi connectivity index (χ1) is 14.7. The third-order valence-electron chi connectivity index (χ3n) is 4.21. The van der Waals surface area contributed by atoms with E-state index in [1.807, 2.05) is 0 Å². The van der Waals surface area contributed by atoms with Gasteiger partial charge in [0.05, 0.1) is 0 Å². The molecule has 0 aromatic heterocycles. The second-order valence-corrected chi connectivity index (χ2v) is 6.24. The molecule has 0 aromatic carbocycles. The Morgan fingerprint density at radius 1 is 0.529 bits per heavy atom. The number of hydrogen-bond acceptors (Lipinski definition) is 4. The van der Waals surface area contributed by atoms with E-state index in [2.05, 4.69) is 9.47 Å². The molecule has 196 valence electrons. The zero-order valence-corrected chi connectivity index (χ0v) is 15.1. The summed E-state index contributed by atoms with van der Waals surface area (Å²) in [5.41, 5.74) is -17.0. The van der Waals surface area contributed by atoms with E-state index in [0.29, 0.717) is 0 Å². The molecule has 20 heteroatoms. The number of rotatable bonds is 6. The summed E-state index contributed by atoms with van der Waals surface area (Å²) in [7, 11) is 0. The number of hydrogen-bond donors (Lipinski definition) is 0. The predicted octanol–water partition coefficient (Wildman–Crippen LogP) is 5.20. The number of esters is 2.